The Morgan fingerprint density at radius 3 is 2.44 bits per heavy atom. The van der Waals surface area contributed by atoms with Crippen LogP contribution in [0.2, 0.25) is 0 Å². The molecule has 1 aromatic carbocycles. The summed E-state index contributed by atoms with van der Waals surface area (Å²) in [6, 6.07) is 13.6. The molecule has 1 aromatic heterocycles. The Balaban J connectivity index is 1.75. The minimum atomic E-state index is -3.48. The van der Waals surface area contributed by atoms with Gasteiger partial charge in [0.25, 0.3) is 5.91 Å². The zero-order chi connectivity index (χ0) is 17.7. The molecule has 3 rings (SSSR count). The van der Waals surface area contributed by atoms with Gasteiger partial charge in [0.15, 0.2) is 14.9 Å². The number of hydrogen-bond donors (Lipinski definition) is 1. The molecular weight excluding hydrogens is 336 g/mol. The van der Waals surface area contributed by atoms with E-state index in [0.717, 1.165) is 25.7 Å². The number of rotatable bonds is 5. The molecule has 0 unspecified atom stereocenters. The Labute approximate surface area is 148 Å². The Hall–Kier alpha value is -2.21. The molecule has 5 nitrogen and oxygen atoms in total. The number of para-hydroxylation sites is 1. The molecule has 1 amide bonds. The number of pyridine rings is 1. The lowest BCUT2D eigenvalue weighted by atomic mass is 9.91. The number of benzene rings is 1. The Kier molecular flexibility index (Phi) is 5.48. The van der Waals surface area contributed by atoms with E-state index >= 15 is 0 Å². The summed E-state index contributed by atoms with van der Waals surface area (Å²) in [5.41, 5.74) is 0.748. The number of aromatic nitrogens is 1. The van der Waals surface area contributed by atoms with Crippen LogP contribution in [0.3, 0.4) is 0 Å². The van der Waals surface area contributed by atoms with E-state index in [9.17, 15) is 13.2 Å². The topological polar surface area (TPSA) is 76.1 Å². The van der Waals surface area contributed by atoms with Crippen molar-refractivity contribution in [1.29, 1.82) is 0 Å². The fraction of sp³-hybridized carbons (Fsp3) is 0.368. The number of carbonyl (C=O) groups is 1. The van der Waals surface area contributed by atoms with Crippen molar-refractivity contribution in [1.82, 2.24) is 4.98 Å². The van der Waals surface area contributed by atoms with Gasteiger partial charge in [-0.25, -0.2) is 13.4 Å². The van der Waals surface area contributed by atoms with Gasteiger partial charge in [-0.3, -0.25) is 4.79 Å². The molecule has 0 atom stereocenters. The van der Waals surface area contributed by atoms with Crippen LogP contribution in [0.5, 0.6) is 0 Å². The number of sulfone groups is 1. The van der Waals surface area contributed by atoms with Crippen LogP contribution >= 0.6 is 0 Å². The molecule has 0 radical (unpaired) electrons. The number of carbonyl (C=O) groups excluding carboxylic acids is 1. The van der Waals surface area contributed by atoms with E-state index < -0.39 is 15.7 Å². The SMILES string of the molecule is O=C(Nc1ccccc1)c1cccc(S(=O)(=O)CC2CCCCC2)n1. The average Bonchev–Trinajstić information content (AvgIpc) is 2.63. The average molecular weight is 358 g/mol. The first-order chi connectivity index (χ1) is 12.0. The van der Waals surface area contributed by atoms with Crippen LogP contribution in [0.25, 0.3) is 0 Å². The van der Waals surface area contributed by atoms with Crippen molar-refractivity contribution in [2.45, 2.75) is 37.1 Å². The molecule has 1 saturated carbocycles. The van der Waals surface area contributed by atoms with Crippen LogP contribution in [-0.4, -0.2) is 25.1 Å². The van der Waals surface area contributed by atoms with Crippen molar-refractivity contribution >= 4 is 21.4 Å². The zero-order valence-electron chi connectivity index (χ0n) is 14.0. The molecule has 1 N–H and O–H groups in total. The van der Waals surface area contributed by atoms with Crippen LogP contribution in [0.15, 0.2) is 53.6 Å². The zero-order valence-corrected chi connectivity index (χ0v) is 14.8. The van der Waals surface area contributed by atoms with Crippen molar-refractivity contribution in [2.75, 3.05) is 11.1 Å². The van der Waals surface area contributed by atoms with Crippen molar-refractivity contribution in [3.05, 3.63) is 54.2 Å². The van der Waals surface area contributed by atoms with Gasteiger partial charge >= 0.3 is 0 Å². The molecule has 0 saturated heterocycles. The molecule has 1 aliphatic carbocycles. The molecule has 0 spiro atoms. The number of hydrogen-bond acceptors (Lipinski definition) is 4. The first kappa shape index (κ1) is 17.6. The highest BCUT2D eigenvalue weighted by Gasteiger charge is 2.24. The smallest absolute Gasteiger partial charge is 0.274 e. The maximum Gasteiger partial charge on any atom is 0.274 e. The van der Waals surface area contributed by atoms with E-state index in [0.29, 0.717) is 5.69 Å². The lowest BCUT2D eigenvalue weighted by molar-refractivity contribution is 0.102. The van der Waals surface area contributed by atoms with Crippen molar-refractivity contribution in [2.24, 2.45) is 5.92 Å². The third kappa shape index (κ3) is 4.66. The maximum atomic E-state index is 12.6. The number of anilines is 1. The summed E-state index contributed by atoms with van der Waals surface area (Å²) in [6.07, 6.45) is 5.27. The van der Waals surface area contributed by atoms with Crippen LogP contribution in [0.4, 0.5) is 5.69 Å². The van der Waals surface area contributed by atoms with Crippen LogP contribution < -0.4 is 5.32 Å². The molecule has 0 aliphatic heterocycles. The van der Waals surface area contributed by atoms with E-state index in [1.165, 1.54) is 18.6 Å². The molecule has 2 aromatic rings. The quantitative estimate of drug-likeness (QED) is 0.884. The summed E-state index contributed by atoms with van der Waals surface area (Å²) in [4.78, 5) is 16.4. The summed E-state index contributed by atoms with van der Waals surface area (Å²) in [5, 5.41) is 2.71. The van der Waals surface area contributed by atoms with Crippen LogP contribution in [0, 0.1) is 5.92 Å². The molecular formula is C19H22N2O3S. The fourth-order valence-corrected chi connectivity index (χ4v) is 4.83. The van der Waals surface area contributed by atoms with E-state index in [2.05, 4.69) is 10.3 Å². The maximum absolute atomic E-state index is 12.6. The highest BCUT2D eigenvalue weighted by Crippen LogP contribution is 2.26. The van der Waals surface area contributed by atoms with Gasteiger partial charge in [0, 0.05) is 5.69 Å². The summed E-state index contributed by atoms with van der Waals surface area (Å²) in [7, 11) is -3.48. The normalized spacial score (nSPS) is 15.7. The Morgan fingerprint density at radius 1 is 1.00 bits per heavy atom. The molecule has 0 bridgehead atoms. The van der Waals surface area contributed by atoms with E-state index in [1.807, 2.05) is 18.2 Å². The van der Waals surface area contributed by atoms with E-state index in [4.69, 9.17) is 0 Å². The number of nitrogens with one attached hydrogen (secondary N) is 1. The highest BCUT2D eigenvalue weighted by atomic mass is 32.2. The lowest BCUT2D eigenvalue weighted by Gasteiger charge is -2.21. The van der Waals surface area contributed by atoms with Crippen LogP contribution in [0.1, 0.15) is 42.6 Å². The van der Waals surface area contributed by atoms with Gasteiger partial charge in [-0.1, -0.05) is 43.5 Å². The van der Waals surface area contributed by atoms with Crippen molar-refractivity contribution in [3.63, 3.8) is 0 Å². The third-order valence-corrected chi connectivity index (χ3v) is 6.26. The third-order valence-electron chi connectivity index (χ3n) is 4.49. The van der Waals surface area contributed by atoms with E-state index in [1.54, 1.807) is 18.2 Å². The van der Waals surface area contributed by atoms with Crippen LogP contribution in [-0.2, 0) is 9.84 Å². The summed E-state index contributed by atoms with van der Waals surface area (Å²) in [5.74, 6) is -0.104. The van der Waals surface area contributed by atoms with Gasteiger partial charge in [0.2, 0.25) is 0 Å². The Morgan fingerprint density at radius 2 is 1.72 bits per heavy atom. The van der Waals surface area contributed by atoms with Gasteiger partial charge < -0.3 is 5.32 Å². The summed E-state index contributed by atoms with van der Waals surface area (Å²) in [6.45, 7) is 0. The standard InChI is InChI=1S/C19H22N2O3S/c22-19(20-16-10-5-2-6-11-16)17-12-7-13-18(21-17)25(23,24)14-15-8-3-1-4-9-15/h2,5-7,10-13,15H,1,3-4,8-9,14H2,(H,20,22). The first-order valence-corrected chi connectivity index (χ1v) is 10.3. The minimum absolute atomic E-state index is 0.0150. The molecule has 1 aliphatic rings. The second-order valence-electron chi connectivity index (χ2n) is 6.47. The van der Waals surface area contributed by atoms with Gasteiger partial charge in [0.1, 0.15) is 5.69 Å². The predicted molar refractivity (Wildman–Crippen MR) is 97.3 cm³/mol. The van der Waals surface area contributed by atoms with Gasteiger partial charge in [-0.05, 0) is 43.0 Å². The molecule has 1 heterocycles. The Bertz CT molecular complexity index is 829. The largest absolute Gasteiger partial charge is 0.321 e. The summed E-state index contributed by atoms with van der Waals surface area (Å²) < 4.78 is 25.3. The molecule has 132 valence electrons. The first-order valence-electron chi connectivity index (χ1n) is 8.61. The van der Waals surface area contributed by atoms with E-state index in [-0.39, 0.29) is 22.4 Å². The van der Waals surface area contributed by atoms with Gasteiger partial charge in [-0.2, -0.15) is 0 Å². The van der Waals surface area contributed by atoms with Gasteiger partial charge in [0.05, 0.1) is 5.75 Å². The monoisotopic (exact) mass is 358 g/mol. The molecule has 25 heavy (non-hydrogen) atoms. The molecule has 1 fully saturated rings. The predicted octanol–water partition coefficient (Wildman–Crippen LogP) is 3.69. The molecule has 6 heteroatoms. The van der Waals surface area contributed by atoms with Crippen molar-refractivity contribution < 1.29 is 13.2 Å². The minimum Gasteiger partial charge on any atom is -0.321 e. The fourth-order valence-electron chi connectivity index (χ4n) is 3.18. The van der Waals surface area contributed by atoms with Gasteiger partial charge in [-0.15, -0.1) is 0 Å². The number of amides is 1. The summed E-state index contributed by atoms with van der Waals surface area (Å²) >= 11 is 0. The second-order valence-corrected chi connectivity index (χ2v) is 8.45. The highest BCUT2D eigenvalue weighted by molar-refractivity contribution is 7.91. The second kappa shape index (κ2) is 7.78. The lowest BCUT2D eigenvalue weighted by Crippen LogP contribution is -2.21. The van der Waals surface area contributed by atoms with Crippen molar-refractivity contribution in [3.8, 4) is 0 Å². The number of nitrogens with zero attached hydrogens (tertiary/aromatic N) is 1.